The van der Waals surface area contributed by atoms with Crippen LogP contribution in [-0.4, -0.2) is 32.9 Å². The number of anilines is 1. The number of carbonyl (C=O) groups excluding carboxylic acids is 2. The number of hydrogen-bond acceptors (Lipinski definition) is 5. The maximum absolute atomic E-state index is 12.0. The summed E-state index contributed by atoms with van der Waals surface area (Å²) >= 11 is 5.51. The van der Waals surface area contributed by atoms with Gasteiger partial charge in [-0.3, -0.25) is 24.5 Å². The highest BCUT2D eigenvalue weighted by molar-refractivity contribution is 6.31. The number of ether oxygens (including phenoxy) is 1. The minimum absolute atomic E-state index is 0.198. The Kier molecular flexibility index (Phi) is 6.14. The topological polar surface area (TPSA) is 110 Å². The number of carbonyl (C=O) groups is 2. The molecule has 9 heteroatoms. The lowest BCUT2D eigenvalue weighted by molar-refractivity contribution is 0.0634. The van der Waals surface area contributed by atoms with Gasteiger partial charge in [-0.15, -0.1) is 11.6 Å². The van der Waals surface area contributed by atoms with Gasteiger partial charge in [0.2, 0.25) is 0 Å². The van der Waals surface area contributed by atoms with Crippen LogP contribution in [0.5, 0.6) is 0 Å². The zero-order valence-electron chi connectivity index (χ0n) is 13.5. The number of amides is 1. The molecule has 23 heavy (non-hydrogen) atoms. The summed E-state index contributed by atoms with van der Waals surface area (Å²) in [6, 6.07) is 0. The first-order chi connectivity index (χ1) is 10.6. The van der Waals surface area contributed by atoms with Gasteiger partial charge in [0.15, 0.2) is 5.78 Å². The first kappa shape index (κ1) is 19.0. The first-order valence-electron chi connectivity index (χ1n) is 7.07. The Morgan fingerprint density at radius 1 is 1.30 bits per heavy atom. The highest BCUT2D eigenvalue weighted by atomic mass is 35.5. The van der Waals surface area contributed by atoms with Crippen LogP contribution in [0.3, 0.4) is 0 Å². The van der Waals surface area contributed by atoms with Crippen molar-refractivity contribution in [3.63, 3.8) is 0 Å². The minimum atomic E-state index is -0.904. The van der Waals surface area contributed by atoms with Crippen LogP contribution in [-0.2, 0) is 11.3 Å². The van der Waals surface area contributed by atoms with Crippen molar-refractivity contribution in [1.82, 2.24) is 9.55 Å². The van der Waals surface area contributed by atoms with E-state index in [1.807, 2.05) is 4.98 Å². The van der Waals surface area contributed by atoms with E-state index in [0.717, 1.165) is 4.57 Å². The second kappa shape index (κ2) is 7.45. The Balaban J connectivity index is 3.46. The number of Topliss-reactive ketones (excluding diaryl/α,β-unsaturated/α-hetero) is 1. The van der Waals surface area contributed by atoms with Gasteiger partial charge >= 0.3 is 11.8 Å². The normalized spacial score (nSPS) is 11.2. The Bertz CT molecular complexity index is 715. The van der Waals surface area contributed by atoms with Gasteiger partial charge in [-0.05, 0) is 27.2 Å². The van der Waals surface area contributed by atoms with Crippen LogP contribution in [0.1, 0.15) is 44.5 Å². The fourth-order valence-electron chi connectivity index (χ4n) is 1.86. The third-order valence-electron chi connectivity index (χ3n) is 2.67. The van der Waals surface area contributed by atoms with Crippen LogP contribution in [0.2, 0.25) is 0 Å². The number of nitrogens with zero attached hydrogens (tertiary/aromatic N) is 1. The van der Waals surface area contributed by atoms with Gasteiger partial charge < -0.3 is 4.74 Å². The molecule has 128 valence electrons. The quantitative estimate of drug-likeness (QED) is 0.623. The molecule has 0 unspecified atom stereocenters. The standard InChI is InChI=1S/C14H20ClN3O5/c1-5-6-18-10(16-13(22)23-14(2,3)4)9(8(19)7-15)11(20)17-12(18)21/h5-7H2,1-4H3,(H,16,22)(H,17,20,21). The summed E-state index contributed by atoms with van der Waals surface area (Å²) in [5.41, 5.74) is -2.79. The van der Waals surface area contributed by atoms with Gasteiger partial charge in [-0.25, -0.2) is 9.59 Å². The maximum atomic E-state index is 12.0. The third-order valence-corrected chi connectivity index (χ3v) is 2.91. The summed E-state index contributed by atoms with van der Waals surface area (Å²) in [5, 5.41) is 2.32. The summed E-state index contributed by atoms with van der Waals surface area (Å²) in [5.74, 6) is -1.37. The predicted molar refractivity (Wildman–Crippen MR) is 86.5 cm³/mol. The van der Waals surface area contributed by atoms with Crippen molar-refractivity contribution < 1.29 is 14.3 Å². The minimum Gasteiger partial charge on any atom is -0.444 e. The number of rotatable bonds is 5. The third kappa shape index (κ3) is 4.95. The molecule has 0 atom stereocenters. The SMILES string of the molecule is CCCn1c(NC(=O)OC(C)(C)C)c(C(=O)CCl)c(=O)[nH]c1=O. The molecule has 1 amide bonds. The Morgan fingerprint density at radius 3 is 2.39 bits per heavy atom. The van der Waals surface area contributed by atoms with E-state index in [1.54, 1.807) is 27.7 Å². The van der Waals surface area contributed by atoms with Crippen molar-refractivity contribution in [1.29, 1.82) is 0 Å². The Labute approximate surface area is 137 Å². The zero-order valence-corrected chi connectivity index (χ0v) is 14.2. The smallest absolute Gasteiger partial charge is 0.413 e. The molecule has 0 bridgehead atoms. The molecular formula is C14H20ClN3O5. The summed E-state index contributed by atoms with van der Waals surface area (Å²) < 4.78 is 6.20. The fraction of sp³-hybridized carbons (Fsp3) is 0.571. The molecule has 8 nitrogen and oxygen atoms in total. The Hall–Kier alpha value is -2.09. The van der Waals surface area contributed by atoms with Crippen molar-refractivity contribution in [2.75, 3.05) is 11.2 Å². The molecule has 0 radical (unpaired) electrons. The monoisotopic (exact) mass is 345 g/mol. The van der Waals surface area contributed by atoms with E-state index in [4.69, 9.17) is 16.3 Å². The lowest BCUT2D eigenvalue weighted by Gasteiger charge is -2.21. The number of hydrogen-bond donors (Lipinski definition) is 2. The summed E-state index contributed by atoms with van der Waals surface area (Å²) in [6.07, 6.45) is -0.334. The van der Waals surface area contributed by atoms with Gasteiger partial charge in [-0.1, -0.05) is 6.92 Å². The van der Waals surface area contributed by atoms with E-state index >= 15 is 0 Å². The van der Waals surface area contributed by atoms with E-state index in [0.29, 0.717) is 6.42 Å². The largest absolute Gasteiger partial charge is 0.444 e. The van der Waals surface area contributed by atoms with E-state index < -0.39 is 34.6 Å². The number of ketones is 1. The van der Waals surface area contributed by atoms with E-state index in [9.17, 15) is 19.2 Å². The van der Waals surface area contributed by atoms with Gasteiger partial charge in [0.1, 0.15) is 17.0 Å². The molecule has 0 aliphatic rings. The number of H-pyrrole nitrogens is 1. The van der Waals surface area contributed by atoms with Crippen molar-refractivity contribution in [3.8, 4) is 0 Å². The fourth-order valence-corrected chi connectivity index (χ4v) is 2.00. The van der Waals surface area contributed by atoms with Gasteiger partial charge in [0.25, 0.3) is 5.56 Å². The van der Waals surface area contributed by atoms with E-state index in [-0.39, 0.29) is 17.9 Å². The van der Waals surface area contributed by atoms with Gasteiger partial charge in [0.05, 0.1) is 5.88 Å². The van der Waals surface area contributed by atoms with Crippen molar-refractivity contribution in [3.05, 3.63) is 26.4 Å². The molecule has 1 aromatic rings. The van der Waals surface area contributed by atoms with Crippen molar-refractivity contribution >= 4 is 29.3 Å². The van der Waals surface area contributed by atoms with Crippen LogP contribution in [0, 0.1) is 0 Å². The molecule has 0 saturated carbocycles. The summed E-state index contributed by atoms with van der Waals surface area (Å²) in [7, 11) is 0. The van der Waals surface area contributed by atoms with Crippen molar-refractivity contribution in [2.45, 2.75) is 46.3 Å². The molecule has 0 spiro atoms. The molecule has 0 fully saturated rings. The van der Waals surface area contributed by atoms with Gasteiger partial charge in [0, 0.05) is 6.54 Å². The molecule has 0 saturated heterocycles. The van der Waals surface area contributed by atoms with E-state index in [1.165, 1.54) is 0 Å². The Morgan fingerprint density at radius 2 is 1.91 bits per heavy atom. The van der Waals surface area contributed by atoms with Crippen molar-refractivity contribution in [2.24, 2.45) is 0 Å². The molecule has 0 aliphatic carbocycles. The molecular weight excluding hydrogens is 326 g/mol. The average molecular weight is 346 g/mol. The molecule has 0 aromatic carbocycles. The second-order valence-electron chi connectivity index (χ2n) is 5.82. The highest BCUT2D eigenvalue weighted by Crippen LogP contribution is 2.14. The number of nitrogens with one attached hydrogen (secondary N) is 2. The molecule has 1 aromatic heterocycles. The van der Waals surface area contributed by atoms with Crippen LogP contribution < -0.4 is 16.6 Å². The number of aromatic nitrogens is 2. The van der Waals surface area contributed by atoms with Crippen LogP contribution >= 0.6 is 11.6 Å². The number of alkyl halides is 1. The lowest BCUT2D eigenvalue weighted by atomic mass is 10.2. The molecule has 1 rings (SSSR count). The first-order valence-corrected chi connectivity index (χ1v) is 7.60. The summed E-state index contributed by atoms with van der Waals surface area (Å²) in [6.45, 7) is 6.98. The van der Waals surface area contributed by atoms with Crippen LogP contribution in [0.4, 0.5) is 10.6 Å². The molecule has 2 N–H and O–H groups in total. The van der Waals surface area contributed by atoms with E-state index in [2.05, 4.69) is 5.32 Å². The van der Waals surface area contributed by atoms with Crippen LogP contribution in [0.25, 0.3) is 0 Å². The lowest BCUT2D eigenvalue weighted by Crippen LogP contribution is -2.38. The second-order valence-corrected chi connectivity index (χ2v) is 6.09. The van der Waals surface area contributed by atoms with Gasteiger partial charge in [-0.2, -0.15) is 0 Å². The number of aromatic amines is 1. The maximum Gasteiger partial charge on any atom is 0.413 e. The average Bonchev–Trinajstić information content (AvgIpc) is 2.40. The predicted octanol–water partition coefficient (Wildman–Crippen LogP) is 1.72. The number of halogens is 1. The highest BCUT2D eigenvalue weighted by Gasteiger charge is 2.24. The van der Waals surface area contributed by atoms with Crippen LogP contribution in [0.15, 0.2) is 9.59 Å². The zero-order chi connectivity index (χ0) is 17.8. The molecule has 1 heterocycles. The molecule has 0 aliphatic heterocycles. The summed E-state index contributed by atoms with van der Waals surface area (Å²) in [4.78, 5) is 49.8.